The van der Waals surface area contributed by atoms with Gasteiger partial charge in [-0.25, -0.2) is 17.2 Å². The lowest BCUT2D eigenvalue weighted by molar-refractivity contribution is 0.602. The molecule has 3 nitrogen and oxygen atoms in total. The van der Waals surface area contributed by atoms with Gasteiger partial charge in [0.05, 0.1) is 10.6 Å². The standard InChI is InChI=1S/C17H16FNO2S2/c1-11-16(12-3-7-14(18)8-4-12)17(19-22-11)13-5-9-15(10-6-13)23(2,20)21/h3-11,16H,1-2H3. The van der Waals surface area contributed by atoms with Gasteiger partial charge >= 0.3 is 0 Å². The third kappa shape index (κ3) is 3.33. The minimum absolute atomic E-state index is 0.0599. The summed E-state index contributed by atoms with van der Waals surface area (Å²) in [5, 5.41) is 0.241. The molecule has 1 aliphatic rings. The highest BCUT2D eigenvalue weighted by atomic mass is 32.2. The van der Waals surface area contributed by atoms with Crippen LogP contribution in [0.5, 0.6) is 0 Å². The molecule has 6 heteroatoms. The molecule has 2 atom stereocenters. The molecule has 0 aromatic heterocycles. The molecule has 2 unspecified atom stereocenters. The smallest absolute Gasteiger partial charge is 0.175 e. The Kier molecular flexibility index (Phi) is 4.29. The highest BCUT2D eigenvalue weighted by molar-refractivity contribution is 7.99. The maximum absolute atomic E-state index is 13.2. The fourth-order valence-corrected chi connectivity index (χ4v) is 4.22. The van der Waals surface area contributed by atoms with E-state index in [1.54, 1.807) is 36.4 Å². The van der Waals surface area contributed by atoms with E-state index in [2.05, 4.69) is 11.3 Å². The largest absolute Gasteiger partial charge is 0.224 e. The second-order valence-electron chi connectivity index (χ2n) is 5.61. The van der Waals surface area contributed by atoms with E-state index in [1.165, 1.54) is 30.3 Å². The Morgan fingerprint density at radius 1 is 1.04 bits per heavy atom. The van der Waals surface area contributed by atoms with Crippen LogP contribution < -0.4 is 0 Å². The average Bonchev–Trinajstić information content (AvgIpc) is 2.89. The average molecular weight is 349 g/mol. The summed E-state index contributed by atoms with van der Waals surface area (Å²) in [6, 6.07) is 13.2. The van der Waals surface area contributed by atoms with Crippen molar-refractivity contribution in [2.75, 3.05) is 6.26 Å². The summed E-state index contributed by atoms with van der Waals surface area (Å²) in [6.07, 6.45) is 1.19. The van der Waals surface area contributed by atoms with Crippen LogP contribution in [0.25, 0.3) is 0 Å². The molecule has 3 rings (SSSR count). The molecule has 1 heterocycles. The quantitative estimate of drug-likeness (QED) is 0.791. The molecule has 23 heavy (non-hydrogen) atoms. The van der Waals surface area contributed by atoms with Crippen molar-refractivity contribution in [3.05, 3.63) is 65.5 Å². The third-order valence-electron chi connectivity index (χ3n) is 3.89. The van der Waals surface area contributed by atoms with Gasteiger partial charge in [-0.05, 0) is 47.3 Å². The lowest BCUT2D eigenvalue weighted by Crippen LogP contribution is -2.17. The molecule has 0 bridgehead atoms. The first kappa shape index (κ1) is 16.2. The lowest BCUT2D eigenvalue weighted by Gasteiger charge is -2.17. The topological polar surface area (TPSA) is 46.5 Å². The Morgan fingerprint density at radius 2 is 1.65 bits per heavy atom. The molecule has 0 aliphatic carbocycles. The molecule has 0 saturated heterocycles. The van der Waals surface area contributed by atoms with Gasteiger partial charge in [0.1, 0.15) is 5.82 Å². The second-order valence-corrected chi connectivity index (χ2v) is 8.77. The molecule has 0 spiro atoms. The van der Waals surface area contributed by atoms with Gasteiger partial charge in [-0.15, -0.1) is 0 Å². The van der Waals surface area contributed by atoms with E-state index < -0.39 is 9.84 Å². The zero-order valence-electron chi connectivity index (χ0n) is 12.7. The number of hydrogen-bond donors (Lipinski definition) is 0. The maximum atomic E-state index is 13.2. The fraction of sp³-hybridized carbons (Fsp3) is 0.235. The van der Waals surface area contributed by atoms with Crippen molar-refractivity contribution in [1.29, 1.82) is 0 Å². The van der Waals surface area contributed by atoms with Gasteiger partial charge in [-0.2, -0.15) is 0 Å². The molecule has 2 aromatic rings. The van der Waals surface area contributed by atoms with E-state index in [9.17, 15) is 12.8 Å². The third-order valence-corrected chi connectivity index (χ3v) is 5.92. The van der Waals surface area contributed by atoms with Crippen LogP contribution in [0.15, 0.2) is 57.8 Å². The molecule has 0 amide bonds. The van der Waals surface area contributed by atoms with E-state index in [1.807, 2.05) is 0 Å². The summed E-state index contributed by atoms with van der Waals surface area (Å²) < 4.78 is 40.8. The first-order valence-corrected chi connectivity index (χ1v) is 9.89. The van der Waals surface area contributed by atoms with Crippen LogP contribution >= 0.6 is 11.9 Å². The van der Waals surface area contributed by atoms with E-state index >= 15 is 0 Å². The van der Waals surface area contributed by atoms with Crippen LogP contribution in [-0.4, -0.2) is 25.6 Å². The zero-order chi connectivity index (χ0) is 16.6. The molecular formula is C17H16FNO2S2. The van der Waals surface area contributed by atoms with Gasteiger partial charge in [0, 0.05) is 17.4 Å². The van der Waals surface area contributed by atoms with Crippen molar-refractivity contribution in [3.63, 3.8) is 0 Å². The highest BCUT2D eigenvalue weighted by Gasteiger charge is 2.31. The summed E-state index contributed by atoms with van der Waals surface area (Å²) in [5.41, 5.74) is 2.80. The molecule has 0 N–H and O–H groups in total. The number of benzene rings is 2. The Labute approximate surface area is 139 Å². The molecule has 0 fully saturated rings. The molecular weight excluding hydrogens is 333 g/mol. The highest BCUT2D eigenvalue weighted by Crippen LogP contribution is 2.39. The van der Waals surface area contributed by atoms with Gasteiger partial charge in [-0.1, -0.05) is 31.2 Å². The Bertz CT molecular complexity index is 843. The normalized spacial score (nSPS) is 21.3. The van der Waals surface area contributed by atoms with Crippen LogP contribution in [0.3, 0.4) is 0 Å². The number of hydrogen-bond acceptors (Lipinski definition) is 4. The summed E-state index contributed by atoms with van der Waals surface area (Å²) in [5.74, 6) is -0.201. The van der Waals surface area contributed by atoms with Crippen molar-refractivity contribution in [2.45, 2.75) is 23.0 Å². The van der Waals surface area contributed by atoms with Crippen molar-refractivity contribution < 1.29 is 12.8 Å². The minimum atomic E-state index is -3.21. The summed E-state index contributed by atoms with van der Waals surface area (Å²) >= 11 is 1.49. The van der Waals surface area contributed by atoms with Crippen molar-refractivity contribution >= 4 is 27.5 Å². The molecule has 0 saturated carbocycles. The van der Waals surface area contributed by atoms with Crippen LogP contribution in [0.2, 0.25) is 0 Å². The van der Waals surface area contributed by atoms with E-state index in [-0.39, 0.29) is 17.0 Å². The van der Waals surface area contributed by atoms with Crippen molar-refractivity contribution in [3.8, 4) is 0 Å². The van der Waals surface area contributed by atoms with Gasteiger partial charge in [0.2, 0.25) is 0 Å². The summed E-state index contributed by atoms with van der Waals surface area (Å²) in [4.78, 5) is 0.291. The SMILES string of the molecule is CC1SN=C(c2ccc(S(C)(=O)=O)cc2)C1c1ccc(F)cc1. The lowest BCUT2D eigenvalue weighted by atomic mass is 9.88. The summed E-state index contributed by atoms with van der Waals surface area (Å²) in [6.45, 7) is 2.08. The molecule has 2 aromatic carbocycles. The summed E-state index contributed by atoms with van der Waals surface area (Å²) in [7, 11) is -3.21. The number of halogens is 1. The fourth-order valence-electron chi connectivity index (χ4n) is 2.68. The van der Waals surface area contributed by atoms with Gasteiger partial charge in [-0.3, -0.25) is 0 Å². The van der Waals surface area contributed by atoms with E-state index in [0.29, 0.717) is 4.90 Å². The Balaban J connectivity index is 1.96. The maximum Gasteiger partial charge on any atom is 0.175 e. The number of sulfone groups is 1. The first-order chi connectivity index (χ1) is 10.9. The number of rotatable bonds is 3. The zero-order valence-corrected chi connectivity index (χ0v) is 14.4. The monoisotopic (exact) mass is 349 g/mol. The predicted molar refractivity (Wildman–Crippen MR) is 92.3 cm³/mol. The van der Waals surface area contributed by atoms with Crippen LogP contribution in [0.1, 0.15) is 24.0 Å². The van der Waals surface area contributed by atoms with Crippen molar-refractivity contribution in [1.82, 2.24) is 0 Å². The van der Waals surface area contributed by atoms with Gasteiger partial charge in [0.25, 0.3) is 0 Å². The van der Waals surface area contributed by atoms with E-state index in [4.69, 9.17) is 0 Å². The van der Waals surface area contributed by atoms with Crippen molar-refractivity contribution in [2.24, 2.45) is 4.40 Å². The molecule has 120 valence electrons. The van der Waals surface area contributed by atoms with Crippen LogP contribution in [0, 0.1) is 5.82 Å². The first-order valence-electron chi connectivity index (χ1n) is 7.16. The Hall–Kier alpha value is -1.66. The van der Waals surface area contributed by atoms with Gasteiger partial charge < -0.3 is 0 Å². The molecule has 0 radical (unpaired) electrons. The van der Waals surface area contributed by atoms with E-state index in [0.717, 1.165) is 16.8 Å². The predicted octanol–water partition coefficient (Wildman–Crippen LogP) is 3.85. The number of nitrogens with zero attached hydrogens (tertiary/aromatic N) is 1. The molecule has 1 aliphatic heterocycles. The van der Waals surface area contributed by atoms with Crippen LogP contribution in [-0.2, 0) is 9.84 Å². The second kappa shape index (κ2) is 6.09. The Morgan fingerprint density at radius 3 is 2.22 bits per heavy atom. The van der Waals surface area contributed by atoms with Crippen LogP contribution in [0.4, 0.5) is 4.39 Å². The minimum Gasteiger partial charge on any atom is -0.224 e. The van der Waals surface area contributed by atoms with Gasteiger partial charge in [0.15, 0.2) is 9.84 Å².